The Bertz CT molecular complexity index is 1320. The van der Waals surface area contributed by atoms with Crippen molar-refractivity contribution in [3.8, 4) is 35.5 Å². The van der Waals surface area contributed by atoms with Gasteiger partial charge in [-0.05, 0) is 126 Å². The molecule has 0 saturated heterocycles. The van der Waals surface area contributed by atoms with Gasteiger partial charge in [-0.1, -0.05) is 104 Å². The molecule has 0 radical (unpaired) electrons. The summed E-state index contributed by atoms with van der Waals surface area (Å²) in [6, 6.07) is 0. The van der Waals surface area contributed by atoms with Gasteiger partial charge in [0.1, 0.15) is 0 Å². The molecule has 0 aliphatic heterocycles. The first-order chi connectivity index (χ1) is 18.8. The van der Waals surface area contributed by atoms with E-state index >= 15 is 0 Å². The zero-order chi connectivity index (χ0) is 29.8. The summed E-state index contributed by atoms with van der Waals surface area (Å²) in [6.07, 6.45) is 23.2. The lowest BCUT2D eigenvalue weighted by atomic mass is 9.72. The summed E-state index contributed by atoms with van der Waals surface area (Å²) >= 11 is 0. The highest BCUT2D eigenvalue weighted by Crippen LogP contribution is 2.41. The zero-order valence-electron chi connectivity index (χ0n) is 27.1. The number of hydrogen-bond acceptors (Lipinski definition) is 0. The Morgan fingerprint density at radius 2 is 1.38 bits per heavy atom. The molecule has 40 heavy (non-hydrogen) atoms. The van der Waals surface area contributed by atoms with Crippen LogP contribution in [-0.2, 0) is 0 Å². The van der Waals surface area contributed by atoms with Crippen molar-refractivity contribution >= 4 is 0 Å². The van der Waals surface area contributed by atoms with Crippen LogP contribution in [0.4, 0.5) is 0 Å². The third-order valence-corrected chi connectivity index (χ3v) is 8.11. The van der Waals surface area contributed by atoms with Gasteiger partial charge in [-0.3, -0.25) is 0 Å². The van der Waals surface area contributed by atoms with E-state index in [0.29, 0.717) is 0 Å². The highest BCUT2D eigenvalue weighted by atomic mass is 14.3. The maximum Gasteiger partial charge on any atom is 0.0357 e. The van der Waals surface area contributed by atoms with E-state index in [4.69, 9.17) is 0 Å². The predicted octanol–water partition coefficient (Wildman–Crippen LogP) is 11.0. The van der Waals surface area contributed by atoms with Crippen molar-refractivity contribution in [1.82, 2.24) is 0 Å². The van der Waals surface area contributed by atoms with Gasteiger partial charge in [-0.15, -0.1) is 0 Å². The molecule has 1 unspecified atom stereocenters. The number of rotatable bonds is 5. The second-order valence-corrected chi connectivity index (χ2v) is 13.1. The van der Waals surface area contributed by atoms with Crippen LogP contribution in [0.1, 0.15) is 114 Å². The molecule has 0 amide bonds. The molecule has 212 valence electrons. The number of hydrogen-bond donors (Lipinski definition) is 0. The Morgan fingerprint density at radius 3 is 1.98 bits per heavy atom. The first-order valence-electron chi connectivity index (χ1n) is 15.1. The summed E-state index contributed by atoms with van der Waals surface area (Å²) in [4.78, 5) is 0. The van der Waals surface area contributed by atoms with E-state index in [9.17, 15) is 0 Å². The lowest BCUT2D eigenvalue weighted by Crippen LogP contribution is -2.19. The SMILES string of the molecule is CC1=C(/C=C\C(C)=C\C#C/C(C)=C/C#C/C=C(\C)CC#CC(C)/C=C/C2=C(C)CCCC2(C)C)C(C)(C)CCC1. The highest BCUT2D eigenvalue weighted by Gasteiger charge is 2.27. The second-order valence-electron chi connectivity index (χ2n) is 13.1. The van der Waals surface area contributed by atoms with Crippen LogP contribution in [0.5, 0.6) is 0 Å². The van der Waals surface area contributed by atoms with Crippen LogP contribution >= 0.6 is 0 Å². The molecule has 0 bridgehead atoms. The Labute approximate surface area is 247 Å². The van der Waals surface area contributed by atoms with Crippen molar-refractivity contribution in [1.29, 1.82) is 0 Å². The van der Waals surface area contributed by atoms with Gasteiger partial charge < -0.3 is 0 Å². The highest BCUT2D eigenvalue weighted by molar-refractivity contribution is 5.41. The van der Waals surface area contributed by atoms with Gasteiger partial charge in [-0.25, -0.2) is 0 Å². The summed E-state index contributed by atoms with van der Waals surface area (Å²) in [5, 5.41) is 0. The van der Waals surface area contributed by atoms with Gasteiger partial charge in [0.2, 0.25) is 0 Å². The molecule has 0 aromatic heterocycles. The van der Waals surface area contributed by atoms with Crippen LogP contribution in [0.2, 0.25) is 0 Å². The van der Waals surface area contributed by atoms with Gasteiger partial charge in [-0.2, -0.15) is 0 Å². The fraction of sp³-hybridized carbons (Fsp3) is 0.500. The minimum Gasteiger partial charge on any atom is -0.0982 e. The smallest absolute Gasteiger partial charge is 0.0357 e. The van der Waals surface area contributed by atoms with Crippen LogP contribution in [0.25, 0.3) is 0 Å². The Balaban J connectivity index is 1.89. The van der Waals surface area contributed by atoms with Crippen LogP contribution in [0, 0.1) is 52.3 Å². The Kier molecular flexibility index (Phi) is 12.9. The maximum atomic E-state index is 3.38. The van der Waals surface area contributed by atoms with E-state index in [-0.39, 0.29) is 16.7 Å². The third-order valence-electron chi connectivity index (χ3n) is 8.11. The minimum absolute atomic E-state index is 0.245. The van der Waals surface area contributed by atoms with E-state index in [0.717, 1.165) is 12.0 Å². The maximum absolute atomic E-state index is 3.38. The van der Waals surface area contributed by atoms with E-state index < -0.39 is 0 Å². The molecule has 0 N–H and O–H groups in total. The average molecular weight is 533 g/mol. The van der Waals surface area contributed by atoms with Gasteiger partial charge >= 0.3 is 0 Å². The molecule has 0 nitrogen and oxygen atoms in total. The molecule has 2 rings (SSSR count). The fourth-order valence-corrected chi connectivity index (χ4v) is 5.59. The van der Waals surface area contributed by atoms with E-state index in [1.807, 2.05) is 25.2 Å². The summed E-state index contributed by atoms with van der Waals surface area (Å²) in [5.41, 5.74) is 9.89. The zero-order valence-corrected chi connectivity index (χ0v) is 27.1. The normalized spacial score (nSPS) is 20.5. The second kappa shape index (κ2) is 15.6. The molecule has 0 fully saturated rings. The third kappa shape index (κ3) is 11.2. The number of allylic oxidation sites excluding steroid dienone is 14. The summed E-state index contributed by atoms with van der Waals surface area (Å²) in [7, 11) is 0. The molecular formula is C40H52. The van der Waals surface area contributed by atoms with Crippen LogP contribution < -0.4 is 0 Å². The standard InChI is InChI=1S/C40H52/c1-31(19-13-21-33(3)25-27-37-35(5)23-15-29-39(37,7)8)17-11-12-18-32(2)20-14-22-34(4)26-28-38-36(6)24-16-30-40(38,9)10/h17-18,22,25-28,33H,15-16,19,23-24,29-30H2,1-10H3/b27-25+,28-26-,31-17+,32-18+,34-22+. The van der Waals surface area contributed by atoms with Crippen molar-refractivity contribution in [3.63, 3.8) is 0 Å². The molecule has 0 aromatic carbocycles. The average Bonchev–Trinajstić information content (AvgIpc) is 2.85. The van der Waals surface area contributed by atoms with Gasteiger partial charge in [0, 0.05) is 17.9 Å². The summed E-state index contributed by atoms with van der Waals surface area (Å²) in [6.45, 7) is 22.4. The minimum atomic E-state index is 0.245. The van der Waals surface area contributed by atoms with E-state index in [1.54, 1.807) is 0 Å². The molecule has 0 saturated carbocycles. The van der Waals surface area contributed by atoms with Crippen molar-refractivity contribution < 1.29 is 0 Å². The molecule has 0 heteroatoms. The lowest BCUT2D eigenvalue weighted by molar-refractivity contribution is 0.376. The van der Waals surface area contributed by atoms with Crippen molar-refractivity contribution in [2.75, 3.05) is 0 Å². The van der Waals surface area contributed by atoms with Crippen LogP contribution in [-0.4, -0.2) is 0 Å². The summed E-state index contributed by atoms with van der Waals surface area (Å²) < 4.78 is 0. The first kappa shape index (κ1) is 33.1. The van der Waals surface area contributed by atoms with Gasteiger partial charge in [0.25, 0.3) is 0 Å². The summed E-state index contributed by atoms with van der Waals surface area (Å²) in [5.74, 6) is 19.5. The topological polar surface area (TPSA) is 0 Å². The molecular weight excluding hydrogens is 480 g/mol. The monoisotopic (exact) mass is 532 g/mol. The van der Waals surface area contributed by atoms with Crippen LogP contribution in [0.15, 0.2) is 81.5 Å². The molecule has 0 heterocycles. The van der Waals surface area contributed by atoms with E-state index in [1.165, 1.54) is 72.0 Å². The molecule has 1 atom stereocenters. The largest absolute Gasteiger partial charge is 0.0982 e. The molecule has 2 aliphatic carbocycles. The van der Waals surface area contributed by atoms with Crippen molar-refractivity contribution in [3.05, 3.63) is 81.5 Å². The molecule has 0 aromatic rings. The quantitative estimate of drug-likeness (QED) is 0.244. The molecule has 0 spiro atoms. The molecule has 2 aliphatic rings. The van der Waals surface area contributed by atoms with Gasteiger partial charge in [0.05, 0.1) is 0 Å². The van der Waals surface area contributed by atoms with E-state index in [2.05, 4.69) is 122 Å². The first-order valence-corrected chi connectivity index (χ1v) is 15.1. The Morgan fingerprint density at radius 1 is 0.800 bits per heavy atom. The van der Waals surface area contributed by atoms with Crippen LogP contribution in [0.3, 0.4) is 0 Å². The Hall–Kier alpha value is -3.14. The fourth-order valence-electron chi connectivity index (χ4n) is 5.59. The van der Waals surface area contributed by atoms with Crippen molar-refractivity contribution in [2.24, 2.45) is 16.7 Å². The van der Waals surface area contributed by atoms with Gasteiger partial charge in [0.15, 0.2) is 0 Å². The van der Waals surface area contributed by atoms with Crippen molar-refractivity contribution in [2.45, 2.75) is 114 Å². The predicted molar refractivity (Wildman–Crippen MR) is 177 cm³/mol. The lowest BCUT2D eigenvalue weighted by Gasteiger charge is -2.33.